The van der Waals surface area contributed by atoms with Gasteiger partial charge in [0.25, 0.3) is 0 Å². The summed E-state index contributed by atoms with van der Waals surface area (Å²) < 4.78 is 3.67. The van der Waals surface area contributed by atoms with Crippen LogP contribution in [0.2, 0.25) is 0 Å². The number of nitrogens with one attached hydrogen (secondary N) is 1. The van der Waals surface area contributed by atoms with Crippen molar-refractivity contribution in [3.8, 4) is 11.3 Å². The molecule has 1 N–H and O–H groups in total. The van der Waals surface area contributed by atoms with Crippen molar-refractivity contribution >= 4 is 10.9 Å². The third kappa shape index (κ3) is 2.97. The van der Waals surface area contributed by atoms with E-state index in [1.54, 1.807) is 0 Å². The lowest BCUT2D eigenvalue weighted by molar-refractivity contribution is -0.911. The van der Waals surface area contributed by atoms with E-state index in [9.17, 15) is 0 Å². The third-order valence-corrected chi connectivity index (χ3v) is 5.40. The number of para-hydroxylation sites is 1. The molecule has 3 nitrogen and oxygen atoms in total. The van der Waals surface area contributed by atoms with Crippen molar-refractivity contribution in [3.63, 3.8) is 0 Å². The van der Waals surface area contributed by atoms with Gasteiger partial charge in [-0.15, -0.1) is 0 Å². The van der Waals surface area contributed by atoms with Crippen LogP contribution in [0.5, 0.6) is 0 Å². The van der Waals surface area contributed by atoms with E-state index in [-0.39, 0.29) is 0 Å². The van der Waals surface area contributed by atoms with Crippen molar-refractivity contribution in [1.29, 1.82) is 0 Å². The summed E-state index contributed by atoms with van der Waals surface area (Å²) >= 11 is 0. The smallest absolute Gasteiger partial charge is 0.0967 e. The van der Waals surface area contributed by atoms with Crippen molar-refractivity contribution in [1.82, 2.24) is 9.88 Å². The lowest BCUT2D eigenvalue weighted by atomic mass is 10.1. The molecule has 2 heterocycles. The van der Waals surface area contributed by atoms with Gasteiger partial charge < -0.3 is 14.4 Å². The molecule has 3 aromatic rings. The monoisotopic (exact) mass is 320 g/mol. The highest BCUT2D eigenvalue weighted by Crippen LogP contribution is 2.28. The van der Waals surface area contributed by atoms with Gasteiger partial charge in [-0.1, -0.05) is 48.5 Å². The van der Waals surface area contributed by atoms with E-state index in [2.05, 4.69) is 77.6 Å². The zero-order valence-corrected chi connectivity index (χ0v) is 14.4. The molecule has 1 aromatic heterocycles. The molecule has 1 aliphatic rings. The summed E-state index contributed by atoms with van der Waals surface area (Å²) in [5.74, 6) is 0. The Morgan fingerprint density at radius 3 is 2.46 bits per heavy atom. The van der Waals surface area contributed by atoms with Gasteiger partial charge in [0.05, 0.1) is 33.2 Å². The number of quaternary nitrogens is 1. The second kappa shape index (κ2) is 6.42. The molecule has 0 aliphatic carbocycles. The number of fused-ring (bicyclic) bond motifs is 1. The average Bonchev–Trinajstić information content (AvgIpc) is 3.00. The fraction of sp³-hybridized carbons (Fsp3) is 0.333. The number of hydrogen-bond donors (Lipinski definition) is 1. The maximum atomic E-state index is 3.48. The molecule has 1 fully saturated rings. The van der Waals surface area contributed by atoms with Crippen LogP contribution in [0.3, 0.4) is 0 Å². The number of nitrogens with zero attached hydrogens (tertiary/aromatic N) is 2. The first-order valence-corrected chi connectivity index (χ1v) is 8.93. The molecule has 0 bridgehead atoms. The average molecular weight is 320 g/mol. The van der Waals surface area contributed by atoms with Crippen LogP contribution in [0.1, 0.15) is 0 Å². The van der Waals surface area contributed by atoms with Crippen LogP contribution in [0, 0.1) is 0 Å². The summed E-state index contributed by atoms with van der Waals surface area (Å²) in [5.41, 5.74) is 3.98. The van der Waals surface area contributed by atoms with Crippen molar-refractivity contribution in [2.45, 2.75) is 6.54 Å². The van der Waals surface area contributed by atoms with Gasteiger partial charge in [-0.2, -0.15) is 0 Å². The Balaban J connectivity index is 1.70. The Hall–Kier alpha value is -2.10. The van der Waals surface area contributed by atoms with Crippen LogP contribution in [0.4, 0.5) is 0 Å². The van der Waals surface area contributed by atoms with Crippen LogP contribution in [-0.4, -0.2) is 48.8 Å². The number of likely N-dealkylation sites (N-methyl/N-ethyl adjacent to an activating group) is 1. The molecule has 1 saturated heterocycles. The fourth-order valence-corrected chi connectivity index (χ4v) is 3.80. The highest BCUT2D eigenvalue weighted by atomic mass is 15.4. The fourth-order valence-electron chi connectivity index (χ4n) is 3.80. The van der Waals surface area contributed by atoms with Gasteiger partial charge in [0.1, 0.15) is 0 Å². The van der Waals surface area contributed by atoms with E-state index in [4.69, 9.17) is 0 Å². The van der Waals surface area contributed by atoms with Crippen molar-refractivity contribution in [3.05, 3.63) is 60.7 Å². The van der Waals surface area contributed by atoms with Gasteiger partial charge in [0.15, 0.2) is 0 Å². The summed E-state index contributed by atoms with van der Waals surface area (Å²) in [4.78, 5) is 0. The summed E-state index contributed by atoms with van der Waals surface area (Å²) in [6.45, 7) is 6.96. The molecule has 2 aromatic carbocycles. The number of rotatable bonds is 4. The molecular formula is C21H26N3+. The Bertz CT molecular complexity index is 813. The van der Waals surface area contributed by atoms with E-state index in [0.29, 0.717) is 0 Å². The second-order valence-electron chi connectivity index (χ2n) is 7.15. The van der Waals surface area contributed by atoms with E-state index < -0.39 is 0 Å². The zero-order chi connectivity index (χ0) is 16.4. The van der Waals surface area contributed by atoms with E-state index in [1.807, 2.05) is 0 Å². The van der Waals surface area contributed by atoms with Gasteiger partial charge in [-0.05, 0) is 17.7 Å². The minimum atomic E-state index is 1.06. The van der Waals surface area contributed by atoms with Crippen molar-refractivity contribution < 1.29 is 4.48 Å². The van der Waals surface area contributed by atoms with Crippen molar-refractivity contribution in [2.24, 2.45) is 0 Å². The Morgan fingerprint density at radius 2 is 1.67 bits per heavy atom. The molecule has 24 heavy (non-hydrogen) atoms. The van der Waals surface area contributed by atoms with Gasteiger partial charge >= 0.3 is 0 Å². The summed E-state index contributed by atoms with van der Waals surface area (Å²) in [7, 11) is 2.40. The predicted octanol–water partition coefficient (Wildman–Crippen LogP) is 3.36. The molecule has 0 atom stereocenters. The van der Waals surface area contributed by atoms with Gasteiger partial charge in [-0.3, -0.25) is 0 Å². The molecule has 0 saturated carbocycles. The highest BCUT2D eigenvalue weighted by Gasteiger charge is 2.24. The van der Waals surface area contributed by atoms with Gasteiger partial charge in [0.2, 0.25) is 0 Å². The standard InChI is InChI=1S/C21H26N3/c1-24(14-11-22-12-15-24)16-13-23-20-10-6-5-9-19(20)17-21(23)18-7-3-2-4-8-18/h2-10,17,22H,11-16H2,1H3/q+1. The molecule has 1 aliphatic heterocycles. The number of hydrogen-bond acceptors (Lipinski definition) is 1. The molecule has 0 unspecified atom stereocenters. The molecule has 0 amide bonds. The number of piperazine rings is 1. The molecule has 4 rings (SSSR count). The van der Waals surface area contributed by atoms with Crippen LogP contribution >= 0.6 is 0 Å². The minimum absolute atomic E-state index is 1.06. The minimum Gasteiger partial charge on any atom is -0.335 e. The second-order valence-corrected chi connectivity index (χ2v) is 7.15. The normalized spacial score (nSPS) is 17.2. The van der Waals surface area contributed by atoms with Crippen LogP contribution < -0.4 is 5.32 Å². The topological polar surface area (TPSA) is 17.0 Å². The first-order valence-electron chi connectivity index (χ1n) is 8.93. The SMILES string of the molecule is C[N+]1(CCn2c(-c3ccccc3)cc3ccccc32)CCNCC1. The Kier molecular flexibility index (Phi) is 4.13. The molecular weight excluding hydrogens is 294 g/mol. The Labute approximate surface area is 144 Å². The molecule has 3 heteroatoms. The van der Waals surface area contributed by atoms with Crippen LogP contribution in [0.25, 0.3) is 22.2 Å². The predicted molar refractivity (Wildman–Crippen MR) is 101 cm³/mol. The summed E-state index contributed by atoms with van der Waals surface area (Å²) in [6.07, 6.45) is 0. The van der Waals surface area contributed by atoms with E-state index in [1.165, 1.54) is 41.8 Å². The molecule has 0 radical (unpaired) electrons. The lowest BCUT2D eigenvalue weighted by Crippen LogP contribution is -2.57. The van der Waals surface area contributed by atoms with Gasteiger partial charge in [-0.25, -0.2) is 0 Å². The maximum absolute atomic E-state index is 3.48. The largest absolute Gasteiger partial charge is 0.335 e. The Morgan fingerprint density at radius 1 is 0.958 bits per heavy atom. The molecule has 0 spiro atoms. The summed E-state index contributed by atoms with van der Waals surface area (Å²) in [5, 5.41) is 4.81. The van der Waals surface area contributed by atoms with Crippen molar-refractivity contribution in [2.75, 3.05) is 39.8 Å². The first-order chi connectivity index (χ1) is 11.8. The lowest BCUT2D eigenvalue weighted by Gasteiger charge is -2.38. The van der Waals surface area contributed by atoms with Gasteiger partial charge in [0, 0.05) is 29.7 Å². The maximum Gasteiger partial charge on any atom is 0.0967 e. The highest BCUT2D eigenvalue weighted by molar-refractivity contribution is 5.87. The third-order valence-electron chi connectivity index (χ3n) is 5.40. The molecule has 124 valence electrons. The summed E-state index contributed by atoms with van der Waals surface area (Å²) in [6, 6.07) is 21.9. The zero-order valence-electron chi connectivity index (χ0n) is 14.4. The first kappa shape index (κ1) is 15.4. The van der Waals surface area contributed by atoms with Crippen LogP contribution in [-0.2, 0) is 6.54 Å². The van der Waals surface area contributed by atoms with E-state index in [0.717, 1.165) is 24.1 Å². The number of benzene rings is 2. The number of aromatic nitrogens is 1. The quantitative estimate of drug-likeness (QED) is 0.730. The van der Waals surface area contributed by atoms with E-state index >= 15 is 0 Å². The van der Waals surface area contributed by atoms with Crippen LogP contribution in [0.15, 0.2) is 60.7 Å².